The summed E-state index contributed by atoms with van der Waals surface area (Å²) < 4.78 is 13.4. The van der Waals surface area contributed by atoms with Gasteiger partial charge in [-0.15, -0.1) is 0 Å². The molecule has 1 aromatic carbocycles. The van der Waals surface area contributed by atoms with E-state index >= 15 is 0 Å². The van der Waals surface area contributed by atoms with Gasteiger partial charge in [0.2, 0.25) is 5.95 Å². The summed E-state index contributed by atoms with van der Waals surface area (Å²) >= 11 is 0. The zero-order valence-corrected chi connectivity index (χ0v) is 10.7. The molecule has 3 N–H and O–H groups in total. The van der Waals surface area contributed by atoms with Gasteiger partial charge >= 0.3 is 0 Å². The number of halogens is 1. The van der Waals surface area contributed by atoms with Crippen molar-refractivity contribution in [2.24, 2.45) is 0 Å². The number of nitrogen functional groups attached to an aromatic ring is 1. The summed E-state index contributed by atoms with van der Waals surface area (Å²) in [6, 6.07) is 8.85. The SMILES string of the molecule is Nc1ncc(-c2ccc(=O)[nH]n2)c(-c2cccc(F)c2)n1. The van der Waals surface area contributed by atoms with Gasteiger partial charge in [0.15, 0.2) is 0 Å². The van der Waals surface area contributed by atoms with E-state index in [0.29, 0.717) is 22.5 Å². The van der Waals surface area contributed by atoms with Crippen LogP contribution in [0.3, 0.4) is 0 Å². The number of benzene rings is 1. The van der Waals surface area contributed by atoms with E-state index in [-0.39, 0.29) is 17.3 Å². The minimum Gasteiger partial charge on any atom is -0.368 e. The molecule has 0 atom stereocenters. The maximum atomic E-state index is 13.4. The highest BCUT2D eigenvalue weighted by molar-refractivity contribution is 5.78. The topological polar surface area (TPSA) is 97.5 Å². The minimum absolute atomic E-state index is 0.0717. The van der Waals surface area contributed by atoms with Crippen molar-refractivity contribution in [2.75, 3.05) is 5.73 Å². The Morgan fingerprint density at radius 3 is 2.76 bits per heavy atom. The van der Waals surface area contributed by atoms with Crippen LogP contribution in [0.2, 0.25) is 0 Å². The standard InChI is InChI=1S/C14H10FN5O/c15-9-3-1-2-8(6-9)13-10(7-17-14(16)18-13)11-4-5-12(21)20-19-11/h1-7H,(H,20,21)(H2,16,17,18). The summed E-state index contributed by atoms with van der Waals surface area (Å²) in [6.45, 7) is 0. The molecule has 0 amide bonds. The van der Waals surface area contributed by atoms with E-state index in [1.54, 1.807) is 12.1 Å². The quantitative estimate of drug-likeness (QED) is 0.744. The van der Waals surface area contributed by atoms with Gasteiger partial charge in [-0.3, -0.25) is 4.79 Å². The van der Waals surface area contributed by atoms with E-state index in [1.165, 1.54) is 30.5 Å². The van der Waals surface area contributed by atoms with Crippen LogP contribution in [0.5, 0.6) is 0 Å². The van der Waals surface area contributed by atoms with Gasteiger partial charge in [0.05, 0.1) is 11.4 Å². The third-order valence-electron chi connectivity index (χ3n) is 2.86. The van der Waals surface area contributed by atoms with E-state index in [1.807, 2.05) is 0 Å². The first-order chi connectivity index (χ1) is 10.1. The Balaban J connectivity index is 2.22. The summed E-state index contributed by atoms with van der Waals surface area (Å²) in [4.78, 5) is 19.2. The van der Waals surface area contributed by atoms with Gasteiger partial charge in [-0.1, -0.05) is 12.1 Å². The number of anilines is 1. The van der Waals surface area contributed by atoms with Crippen molar-refractivity contribution in [1.29, 1.82) is 0 Å². The molecule has 0 aliphatic carbocycles. The van der Waals surface area contributed by atoms with Gasteiger partial charge in [0.25, 0.3) is 5.56 Å². The van der Waals surface area contributed by atoms with Crippen LogP contribution in [0.4, 0.5) is 10.3 Å². The monoisotopic (exact) mass is 283 g/mol. The zero-order valence-electron chi connectivity index (χ0n) is 10.7. The maximum absolute atomic E-state index is 13.4. The lowest BCUT2D eigenvalue weighted by Crippen LogP contribution is -2.07. The lowest BCUT2D eigenvalue weighted by molar-refractivity contribution is 0.628. The molecule has 0 saturated heterocycles. The van der Waals surface area contributed by atoms with E-state index in [2.05, 4.69) is 20.2 Å². The van der Waals surface area contributed by atoms with Crippen LogP contribution in [0.15, 0.2) is 47.4 Å². The Kier molecular flexibility index (Phi) is 3.15. The van der Waals surface area contributed by atoms with Crippen LogP contribution in [0.1, 0.15) is 0 Å². The third-order valence-corrected chi connectivity index (χ3v) is 2.86. The fourth-order valence-corrected chi connectivity index (χ4v) is 1.93. The minimum atomic E-state index is -0.384. The fraction of sp³-hybridized carbons (Fsp3) is 0. The average Bonchev–Trinajstić information content (AvgIpc) is 2.48. The lowest BCUT2D eigenvalue weighted by Gasteiger charge is -2.08. The zero-order chi connectivity index (χ0) is 14.8. The highest BCUT2D eigenvalue weighted by Crippen LogP contribution is 2.28. The number of nitrogens with one attached hydrogen (secondary N) is 1. The Hall–Kier alpha value is -3.09. The van der Waals surface area contributed by atoms with E-state index in [9.17, 15) is 9.18 Å². The highest BCUT2D eigenvalue weighted by Gasteiger charge is 2.12. The lowest BCUT2D eigenvalue weighted by atomic mass is 10.0. The fourth-order valence-electron chi connectivity index (χ4n) is 1.93. The van der Waals surface area contributed by atoms with Crippen molar-refractivity contribution >= 4 is 5.95 Å². The molecular formula is C14H10FN5O. The first kappa shape index (κ1) is 12.9. The third kappa shape index (κ3) is 2.62. The molecule has 21 heavy (non-hydrogen) atoms. The second-order valence-electron chi connectivity index (χ2n) is 4.31. The number of aromatic amines is 1. The second kappa shape index (κ2) is 5.12. The molecule has 0 saturated carbocycles. The molecule has 7 heteroatoms. The van der Waals surface area contributed by atoms with Crippen molar-refractivity contribution in [3.05, 3.63) is 58.8 Å². The number of H-pyrrole nitrogens is 1. The number of nitrogens with two attached hydrogens (primary N) is 1. The Morgan fingerprint density at radius 1 is 1.19 bits per heavy atom. The summed E-state index contributed by atoms with van der Waals surface area (Å²) in [7, 11) is 0. The highest BCUT2D eigenvalue weighted by atomic mass is 19.1. The van der Waals surface area contributed by atoms with Crippen molar-refractivity contribution in [1.82, 2.24) is 20.2 Å². The first-order valence-electron chi connectivity index (χ1n) is 6.08. The predicted octanol–water partition coefficient (Wildman–Crippen LogP) is 1.62. The molecule has 104 valence electrons. The second-order valence-corrected chi connectivity index (χ2v) is 4.31. The summed E-state index contributed by atoms with van der Waals surface area (Å²) in [5.41, 5.74) is 7.30. The number of hydrogen-bond donors (Lipinski definition) is 2. The van der Waals surface area contributed by atoms with Crippen LogP contribution in [-0.2, 0) is 0 Å². The van der Waals surface area contributed by atoms with E-state index in [0.717, 1.165) is 0 Å². The van der Waals surface area contributed by atoms with Crippen molar-refractivity contribution in [3.63, 3.8) is 0 Å². The van der Waals surface area contributed by atoms with Crippen LogP contribution in [0.25, 0.3) is 22.5 Å². The number of hydrogen-bond acceptors (Lipinski definition) is 5. The number of aromatic nitrogens is 4. The molecule has 3 rings (SSSR count). The molecule has 2 heterocycles. The van der Waals surface area contributed by atoms with Crippen molar-refractivity contribution < 1.29 is 4.39 Å². The van der Waals surface area contributed by atoms with Crippen LogP contribution in [-0.4, -0.2) is 20.2 Å². The molecule has 0 spiro atoms. The molecule has 0 bridgehead atoms. The Bertz CT molecular complexity index is 841. The van der Waals surface area contributed by atoms with Gasteiger partial charge in [-0.25, -0.2) is 19.5 Å². The van der Waals surface area contributed by atoms with E-state index in [4.69, 9.17) is 5.73 Å². The molecular weight excluding hydrogens is 273 g/mol. The Morgan fingerprint density at radius 2 is 2.05 bits per heavy atom. The molecule has 0 fully saturated rings. The predicted molar refractivity (Wildman–Crippen MR) is 75.7 cm³/mol. The van der Waals surface area contributed by atoms with Gasteiger partial charge in [-0.05, 0) is 18.2 Å². The van der Waals surface area contributed by atoms with Crippen molar-refractivity contribution in [3.8, 4) is 22.5 Å². The normalized spacial score (nSPS) is 10.5. The van der Waals surface area contributed by atoms with Crippen molar-refractivity contribution in [2.45, 2.75) is 0 Å². The average molecular weight is 283 g/mol. The Labute approximate surface area is 118 Å². The number of rotatable bonds is 2. The molecule has 6 nitrogen and oxygen atoms in total. The summed E-state index contributed by atoms with van der Waals surface area (Å²) in [5.74, 6) is -0.313. The largest absolute Gasteiger partial charge is 0.368 e. The van der Waals surface area contributed by atoms with Gasteiger partial charge in [0, 0.05) is 23.4 Å². The molecule has 3 aromatic rings. The molecule has 0 radical (unpaired) electrons. The van der Waals surface area contributed by atoms with Crippen LogP contribution >= 0.6 is 0 Å². The first-order valence-corrected chi connectivity index (χ1v) is 6.08. The number of nitrogens with zero attached hydrogens (tertiary/aromatic N) is 3. The molecule has 0 aliphatic heterocycles. The van der Waals surface area contributed by atoms with Crippen LogP contribution in [0, 0.1) is 5.82 Å². The maximum Gasteiger partial charge on any atom is 0.264 e. The summed E-state index contributed by atoms with van der Waals surface area (Å²) in [6.07, 6.45) is 1.49. The van der Waals surface area contributed by atoms with Gasteiger partial charge in [0.1, 0.15) is 5.82 Å². The van der Waals surface area contributed by atoms with Gasteiger partial charge in [-0.2, -0.15) is 5.10 Å². The molecule has 0 aliphatic rings. The smallest absolute Gasteiger partial charge is 0.264 e. The summed E-state index contributed by atoms with van der Waals surface area (Å²) in [5, 5.41) is 6.27. The van der Waals surface area contributed by atoms with Crippen LogP contribution < -0.4 is 11.3 Å². The molecule has 0 unspecified atom stereocenters. The van der Waals surface area contributed by atoms with Gasteiger partial charge < -0.3 is 5.73 Å². The van der Waals surface area contributed by atoms with E-state index < -0.39 is 0 Å². The molecule has 2 aromatic heterocycles.